The normalized spacial score (nSPS) is 20.6. The van der Waals surface area contributed by atoms with Crippen molar-refractivity contribution in [2.45, 2.75) is 25.4 Å². The Bertz CT molecular complexity index is 434. The van der Waals surface area contributed by atoms with Gasteiger partial charge in [-0.3, -0.25) is 0 Å². The van der Waals surface area contributed by atoms with E-state index >= 15 is 0 Å². The minimum absolute atomic E-state index is 0.0253. The number of nitrogens with one attached hydrogen (secondary N) is 1. The Morgan fingerprint density at radius 3 is 2.12 bits per heavy atom. The predicted octanol–water partition coefficient (Wildman–Crippen LogP) is 4.29. The SMILES string of the molecule is CC1=C(C)SC(c2ccc(C(F)(F)F)cc2)N1. The van der Waals surface area contributed by atoms with Gasteiger partial charge in [-0.15, -0.1) is 0 Å². The van der Waals surface area contributed by atoms with Crippen molar-refractivity contribution in [3.63, 3.8) is 0 Å². The molecule has 0 radical (unpaired) electrons. The molecule has 0 amide bonds. The van der Waals surface area contributed by atoms with Gasteiger partial charge in [-0.2, -0.15) is 13.2 Å². The summed E-state index contributed by atoms with van der Waals surface area (Å²) < 4.78 is 37.2. The monoisotopic (exact) mass is 259 g/mol. The molecule has 1 aliphatic heterocycles. The summed E-state index contributed by atoms with van der Waals surface area (Å²) in [6, 6.07) is 5.31. The molecule has 0 spiro atoms. The lowest BCUT2D eigenvalue weighted by Gasteiger charge is -2.13. The van der Waals surface area contributed by atoms with Crippen molar-refractivity contribution in [2.24, 2.45) is 0 Å². The Hall–Kier alpha value is -1.10. The maximum absolute atomic E-state index is 12.4. The second-order valence-electron chi connectivity index (χ2n) is 3.94. The molecule has 1 unspecified atom stereocenters. The van der Waals surface area contributed by atoms with E-state index in [0.717, 1.165) is 23.4 Å². The lowest BCUT2D eigenvalue weighted by Crippen LogP contribution is -2.11. The molecule has 1 atom stereocenters. The van der Waals surface area contributed by atoms with Crippen molar-refractivity contribution < 1.29 is 13.2 Å². The van der Waals surface area contributed by atoms with E-state index < -0.39 is 11.7 Å². The highest BCUT2D eigenvalue weighted by atomic mass is 32.2. The molecule has 0 aliphatic carbocycles. The first-order valence-electron chi connectivity index (χ1n) is 5.16. The van der Waals surface area contributed by atoms with Crippen molar-refractivity contribution in [1.82, 2.24) is 5.32 Å². The third-order valence-electron chi connectivity index (χ3n) is 2.71. The lowest BCUT2D eigenvalue weighted by molar-refractivity contribution is -0.137. The van der Waals surface area contributed by atoms with Crippen molar-refractivity contribution in [2.75, 3.05) is 0 Å². The first kappa shape index (κ1) is 12.4. The quantitative estimate of drug-likeness (QED) is 0.807. The molecule has 0 saturated carbocycles. The van der Waals surface area contributed by atoms with Gasteiger partial charge in [0.15, 0.2) is 0 Å². The minimum Gasteiger partial charge on any atom is -0.372 e. The summed E-state index contributed by atoms with van der Waals surface area (Å²) in [5.74, 6) is 0. The van der Waals surface area contributed by atoms with Crippen molar-refractivity contribution >= 4 is 11.8 Å². The molecule has 5 heteroatoms. The Kier molecular flexibility index (Phi) is 3.12. The average Bonchev–Trinajstić information content (AvgIpc) is 2.58. The van der Waals surface area contributed by atoms with Crippen LogP contribution in [0.15, 0.2) is 34.9 Å². The number of hydrogen-bond donors (Lipinski definition) is 1. The fourth-order valence-electron chi connectivity index (χ4n) is 1.59. The van der Waals surface area contributed by atoms with Crippen LogP contribution in [0.1, 0.15) is 30.3 Å². The van der Waals surface area contributed by atoms with Gasteiger partial charge in [0.05, 0.1) is 5.56 Å². The van der Waals surface area contributed by atoms with Gasteiger partial charge in [0.2, 0.25) is 0 Å². The molecule has 0 fully saturated rings. The molecule has 0 bridgehead atoms. The van der Waals surface area contributed by atoms with Crippen LogP contribution < -0.4 is 5.32 Å². The molecule has 17 heavy (non-hydrogen) atoms. The summed E-state index contributed by atoms with van der Waals surface area (Å²) in [4.78, 5) is 1.18. The second kappa shape index (κ2) is 4.29. The number of allylic oxidation sites excluding steroid dienone is 2. The van der Waals surface area contributed by atoms with E-state index in [4.69, 9.17) is 0 Å². The van der Waals surface area contributed by atoms with Gasteiger partial charge in [-0.05, 0) is 31.5 Å². The van der Waals surface area contributed by atoms with Crippen LogP contribution in [0.4, 0.5) is 13.2 Å². The topological polar surface area (TPSA) is 12.0 Å². The molecule has 1 aromatic rings. The highest BCUT2D eigenvalue weighted by Gasteiger charge is 2.30. The number of thioether (sulfide) groups is 1. The van der Waals surface area contributed by atoms with Gasteiger partial charge in [-0.1, -0.05) is 23.9 Å². The number of benzene rings is 1. The summed E-state index contributed by atoms with van der Waals surface area (Å²) in [7, 11) is 0. The third-order valence-corrected chi connectivity index (χ3v) is 4.00. The highest BCUT2D eigenvalue weighted by Crippen LogP contribution is 2.40. The summed E-state index contributed by atoms with van der Waals surface area (Å²) in [5, 5.41) is 3.26. The van der Waals surface area contributed by atoms with Gasteiger partial charge >= 0.3 is 6.18 Å². The van der Waals surface area contributed by atoms with E-state index in [1.165, 1.54) is 17.0 Å². The van der Waals surface area contributed by atoms with Crippen LogP contribution in [0.25, 0.3) is 0 Å². The van der Waals surface area contributed by atoms with E-state index in [9.17, 15) is 13.2 Å². The Morgan fingerprint density at radius 1 is 1.12 bits per heavy atom. The minimum atomic E-state index is -4.27. The average molecular weight is 259 g/mol. The number of alkyl halides is 3. The van der Waals surface area contributed by atoms with E-state index in [1.807, 2.05) is 13.8 Å². The standard InChI is InChI=1S/C12H12F3NS/c1-7-8(2)17-11(16-7)9-3-5-10(6-4-9)12(13,14)15/h3-6,11,16H,1-2H3. The van der Waals surface area contributed by atoms with Crippen LogP contribution in [0.5, 0.6) is 0 Å². The first-order valence-corrected chi connectivity index (χ1v) is 6.04. The summed E-state index contributed by atoms with van der Waals surface area (Å²) in [5.41, 5.74) is 1.34. The molecule has 1 aromatic carbocycles. The first-order chi connectivity index (χ1) is 7.88. The van der Waals surface area contributed by atoms with Gasteiger partial charge < -0.3 is 5.32 Å². The predicted molar refractivity (Wildman–Crippen MR) is 63.3 cm³/mol. The Morgan fingerprint density at radius 2 is 1.71 bits per heavy atom. The summed E-state index contributed by atoms with van der Waals surface area (Å²) in [6.07, 6.45) is -4.27. The lowest BCUT2D eigenvalue weighted by atomic mass is 10.1. The molecule has 1 nitrogen and oxygen atoms in total. The van der Waals surface area contributed by atoms with Crippen molar-refractivity contribution in [3.05, 3.63) is 46.0 Å². The van der Waals surface area contributed by atoms with Crippen molar-refractivity contribution in [3.8, 4) is 0 Å². The van der Waals surface area contributed by atoms with E-state index in [-0.39, 0.29) is 5.37 Å². The maximum Gasteiger partial charge on any atom is 0.416 e. The highest BCUT2D eigenvalue weighted by molar-refractivity contribution is 8.03. The van der Waals surface area contributed by atoms with Crippen molar-refractivity contribution in [1.29, 1.82) is 0 Å². The van der Waals surface area contributed by atoms with Gasteiger partial charge in [0, 0.05) is 10.6 Å². The largest absolute Gasteiger partial charge is 0.416 e. The van der Waals surface area contributed by atoms with E-state index in [2.05, 4.69) is 5.32 Å². The van der Waals surface area contributed by atoms with Crippen LogP contribution in [0, 0.1) is 0 Å². The number of halogens is 3. The van der Waals surface area contributed by atoms with Gasteiger partial charge in [-0.25, -0.2) is 0 Å². The van der Waals surface area contributed by atoms with Crippen LogP contribution in [-0.2, 0) is 6.18 Å². The van der Waals surface area contributed by atoms with Crippen LogP contribution in [0.2, 0.25) is 0 Å². The maximum atomic E-state index is 12.4. The molecule has 92 valence electrons. The molecule has 1 N–H and O–H groups in total. The fourth-order valence-corrected chi connectivity index (χ4v) is 2.71. The van der Waals surface area contributed by atoms with Gasteiger partial charge in [0.1, 0.15) is 5.37 Å². The zero-order valence-corrected chi connectivity index (χ0v) is 10.2. The molecule has 1 heterocycles. The Balaban J connectivity index is 2.15. The van der Waals surface area contributed by atoms with E-state index in [1.54, 1.807) is 11.8 Å². The zero-order valence-electron chi connectivity index (χ0n) is 9.43. The molecule has 0 saturated heterocycles. The molecule has 2 rings (SSSR count). The Labute approximate surface area is 102 Å². The molecular weight excluding hydrogens is 247 g/mol. The zero-order chi connectivity index (χ0) is 12.6. The number of hydrogen-bond acceptors (Lipinski definition) is 2. The fraction of sp³-hybridized carbons (Fsp3) is 0.333. The van der Waals surface area contributed by atoms with Crippen LogP contribution in [0.3, 0.4) is 0 Å². The number of rotatable bonds is 1. The van der Waals surface area contributed by atoms with Crippen LogP contribution in [-0.4, -0.2) is 0 Å². The molecular formula is C12H12F3NS. The molecule has 0 aromatic heterocycles. The summed E-state index contributed by atoms with van der Waals surface area (Å²) >= 11 is 1.63. The second-order valence-corrected chi connectivity index (χ2v) is 5.26. The van der Waals surface area contributed by atoms with E-state index in [0.29, 0.717) is 0 Å². The van der Waals surface area contributed by atoms with Gasteiger partial charge in [0.25, 0.3) is 0 Å². The van der Waals surface area contributed by atoms with Crippen LogP contribution >= 0.6 is 11.8 Å². The smallest absolute Gasteiger partial charge is 0.372 e. The third kappa shape index (κ3) is 2.60. The molecule has 1 aliphatic rings. The summed E-state index contributed by atoms with van der Waals surface area (Å²) in [6.45, 7) is 3.96.